The van der Waals surface area contributed by atoms with E-state index in [0.29, 0.717) is 0 Å². The van der Waals surface area contributed by atoms with Crippen molar-refractivity contribution >= 4 is 17.2 Å². The van der Waals surface area contributed by atoms with Crippen LogP contribution >= 0.6 is 11.3 Å². The molecule has 2 aromatic heterocycles. The molecule has 0 aliphatic rings. The van der Waals surface area contributed by atoms with Gasteiger partial charge in [-0.3, -0.25) is 9.78 Å². The van der Waals surface area contributed by atoms with E-state index in [2.05, 4.69) is 24.1 Å². The van der Waals surface area contributed by atoms with Gasteiger partial charge in [-0.15, -0.1) is 11.3 Å². The molecule has 1 atom stereocenters. The summed E-state index contributed by atoms with van der Waals surface area (Å²) in [5.74, 6) is 0.00778. The molecule has 2 aromatic rings. The second kappa shape index (κ2) is 7.36. The fourth-order valence-electron chi connectivity index (χ4n) is 2.30. The second-order valence-electron chi connectivity index (χ2n) is 5.14. The third-order valence-corrected chi connectivity index (χ3v) is 4.75. The summed E-state index contributed by atoms with van der Waals surface area (Å²) in [4.78, 5) is 18.6. The van der Waals surface area contributed by atoms with Crippen LogP contribution in [0.15, 0.2) is 30.6 Å². The minimum Gasteiger partial charge on any atom is -0.345 e. The van der Waals surface area contributed by atoms with Crippen LogP contribution in [0.3, 0.4) is 0 Å². The van der Waals surface area contributed by atoms with E-state index in [0.717, 1.165) is 29.7 Å². The van der Waals surface area contributed by atoms with Crippen molar-refractivity contribution in [3.8, 4) is 0 Å². The largest absolute Gasteiger partial charge is 0.345 e. The summed E-state index contributed by atoms with van der Waals surface area (Å²) in [6.07, 6.45) is 6.68. The summed E-state index contributed by atoms with van der Waals surface area (Å²) < 4.78 is 0. The van der Waals surface area contributed by atoms with E-state index in [1.54, 1.807) is 23.7 Å². The van der Waals surface area contributed by atoms with E-state index < -0.39 is 0 Å². The summed E-state index contributed by atoms with van der Waals surface area (Å²) in [5, 5.41) is 3.05. The van der Waals surface area contributed by atoms with Gasteiger partial charge in [0.1, 0.15) is 0 Å². The van der Waals surface area contributed by atoms with Crippen molar-refractivity contribution in [1.29, 1.82) is 0 Å². The Hall–Kier alpha value is -1.68. The summed E-state index contributed by atoms with van der Waals surface area (Å²) in [6, 6.07) is 5.87. The van der Waals surface area contributed by atoms with Crippen LogP contribution < -0.4 is 5.32 Å². The number of carbonyl (C=O) groups excluding carboxylic acids is 1. The lowest BCUT2D eigenvalue weighted by Crippen LogP contribution is -2.25. The van der Waals surface area contributed by atoms with Crippen LogP contribution in [-0.2, 0) is 12.8 Å². The molecule has 2 rings (SSSR count). The number of amides is 1. The fourth-order valence-corrected chi connectivity index (χ4v) is 3.56. The van der Waals surface area contributed by atoms with Gasteiger partial charge in [-0.1, -0.05) is 26.3 Å². The van der Waals surface area contributed by atoms with Crippen LogP contribution in [0, 0.1) is 0 Å². The van der Waals surface area contributed by atoms with Crippen molar-refractivity contribution in [2.24, 2.45) is 0 Å². The summed E-state index contributed by atoms with van der Waals surface area (Å²) >= 11 is 1.63. The quantitative estimate of drug-likeness (QED) is 0.871. The molecule has 1 unspecified atom stereocenters. The van der Waals surface area contributed by atoms with Crippen LogP contribution in [0.1, 0.15) is 58.9 Å². The first-order valence-electron chi connectivity index (χ1n) is 7.48. The van der Waals surface area contributed by atoms with Crippen molar-refractivity contribution in [1.82, 2.24) is 10.3 Å². The van der Waals surface area contributed by atoms with Crippen LogP contribution in [0.2, 0.25) is 0 Å². The van der Waals surface area contributed by atoms with E-state index >= 15 is 0 Å². The third kappa shape index (κ3) is 3.91. The molecule has 0 saturated heterocycles. The van der Waals surface area contributed by atoms with Crippen LogP contribution in [0.25, 0.3) is 0 Å². The number of aromatic nitrogens is 1. The highest BCUT2D eigenvalue weighted by molar-refractivity contribution is 7.14. The van der Waals surface area contributed by atoms with Gasteiger partial charge in [0, 0.05) is 17.3 Å². The van der Waals surface area contributed by atoms with Gasteiger partial charge in [-0.25, -0.2) is 0 Å². The maximum atomic E-state index is 12.4. The molecule has 4 heteroatoms. The Labute approximate surface area is 130 Å². The normalized spacial score (nSPS) is 12.1. The van der Waals surface area contributed by atoms with E-state index in [1.807, 2.05) is 25.1 Å². The monoisotopic (exact) mass is 302 g/mol. The minimum atomic E-state index is -0.0343. The number of nitrogens with zero attached hydrogens (tertiary/aromatic N) is 1. The molecule has 0 radical (unpaired) electrons. The molecule has 2 heterocycles. The van der Waals surface area contributed by atoms with Gasteiger partial charge in [-0.2, -0.15) is 0 Å². The fraction of sp³-hybridized carbons (Fsp3) is 0.412. The molecule has 1 amide bonds. The molecular weight excluding hydrogens is 280 g/mol. The van der Waals surface area contributed by atoms with Gasteiger partial charge in [0.25, 0.3) is 5.91 Å². The van der Waals surface area contributed by atoms with Crippen molar-refractivity contribution in [3.05, 3.63) is 51.5 Å². The molecule has 0 aliphatic heterocycles. The number of pyridine rings is 1. The van der Waals surface area contributed by atoms with E-state index in [-0.39, 0.29) is 11.9 Å². The molecule has 3 nitrogen and oxygen atoms in total. The van der Waals surface area contributed by atoms with Crippen molar-refractivity contribution in [2.75, 3.05) is 0 Å². The highest BCUT2D eigenvalue weighted by atomic mass is 32.1. The maximum Gasteiger partial charge on any atom is 0.261 e. The number of aryl methyl sites for hydroxylation is 2. The Morgan fingerprint density at radius 3 is 2.86 bits per heavy atom. The van der Waals surface area contributed by atoms with Crippen molar-refractivity contribution < 1.29 is 4.79 Å². The Morgan fingerprint density at radius 2 is 2.24 bits per heavy atom. The van der Waals surface area contributed by atoms with Gasteiger partial charge in [0.15, 0.2) is 0 Å². The lowest BCUT2D eigenvalue weighted by Gasteiger charge is -2.12. The van der Waals surface area contributed by atoms with Crippen LogP contribution in [0.5, 0.6) is 0 Å². The number of carbonyl (C=O) groups is 1. The molecule has 112 valence electrons. The summed E-state index contributed by atoms with van der Waals surface area (Å²) in [6.45, 7) is 6.29. The Balaban J connectivity index is 2.10. The first-order chi connectivity index (χ1) is 10.2. The summed E-state index contributed by atoms with van der Waals surface area (Å²) in [7, 11) is 0. The van der Waals surface area contributed by atoms with Gasteiger partial charge in [0.05, 0.1) is 10.9 Å². The number of hydrogen-bond acceptors (Lipinski definition) is 3. The lowest BCUT2D eigenvalue weighted by atomic mass is 10.1. The molecule has 0 saturated carbocycles. The van der Waals surface area contributed by atoms with Crippen molar-refractivity contribution in [3.63, 3.8) is 0 Å². The SMILES string of the molecule is CCCc1sc(C(=O)NC(C)c2cccnc2)cc1CC. The first-order valence-corrected chi connectivity index (χ1v) is 8.29. The molecule has 0 bridgehead atoms. The minimum absolute atomic E-state index is 0.00778. The van der Waals surface area contributed by atoms with Crippen molar-refractivity contribution in [2.45, 2.75) is 46.1 Å². The highest BCUT2D eigenvalue weighted by Gasteiger charge is 2.16. The molecule has 0 aliphatic carbocycles. The van der Waals surface area contributed by atoms with E-state index in [4.69, 9.17) is 0 Å². The molecule has 0 spiro atoms. The number of rotatable bonds is 6. The third-order valence-electron chi connectivity index (χ3n) is 3.51. The highest BCUT2D eigenvalue weighted by Crippen LogP contribution is 2.25. The average molecular weight is 302 g/mol. The van der Waals surface area contributed by atoms with Gasteiger partial charge >= 0.3 is 0 Å². The van der Waals surface area contributed by atoms with E-state index in [9.17, 15) is 4.79 Å². The molecule has 0 aromatic carbocycles. The first kappa shape index (κ1) is 15.7. The molecular formula is C17H22N2OS. The maximum absolute atomic E-state index is 12.4. The predicted octanol–water partition coefficient (Wildman–Crippen LogP) is 4.15. The Bertz CT molecular complexity index is 592. The molecule has 21 heavy (non-hydrogen) atoms. The second-order valence-corrected chi connectivity index (χ2v) is 6.28. The molecule has 0 fully saturated rings. The summed E-state index contributed by atoms with van der Waals surface area (Å²) in [5.41, 5.74) is 2.33. The zero-order valence-corrected chi connectivity index (χ0v) is 13.7. The van der Waals surface area contributed by atoms with Crippen LogP contribution in [-0.4, -0.2) is 10.9 Å². The predicted molar refractivity (Wildman–Crippen MR) is 87.8 cm³/mol. The topological polar surface area (TPSA) is 42.0 Å². The Morgan fingerprint density at radius 1 is 1.43 bits per heavy atom. The van der Waals surface area contributed by atoms with Crippen LogP contribution in [0.4, 0.5) is 0 Å². The van der Waals surface area contributed by atoms with Gasteiger partial charge in [0.2, 0.25) is 0 Å². The average Bonchev–Trinajstić information content (AvgIpc) is 2.91. The van der Waals surface area contributed by atoms with Gasteiger partial charge < -0.3 is 5.32 Å². The van der Waals surface area contributed by atoms with Gasteiger partial charge in [-0.05, 0) is 43.0 Å². The lowest BCUT2D eigenvalue weighted by molar-refractivity contribution is 0.0944. The standard InChI is InChI=1S/C17H22N2OS/c1-4-7-15-13(5-2)10-16(21-15)17(20)19-12(3)14-8-6-9-18-11-14/h6,8-12H,4-5,7H2,1-3H3,(H,19,20). The number of nitrogens with one attached hydrogen (secondary N) is 1. The van der Waals surface area contributed by atoms with E-state index in [1.165, 1.54) is 10.4 Å². The zero-order chi connectivity index (χ0) is 15.2. The smallest absolute Gasteiger partial charge is 0.261 e. The number of thiophene rings is 1. The zero-order valence-electron chi connectivity index (χ0n) is 12.8. The molecule has 1 N–H and O–H groups in total. The Kier molecular flexibility index (Phi) is 5.51. The number of hydrogen-bond donors (Lipinski definition) is 1.